The minimum absolute atomic E-state index is 0.00116. The van der Waals surface area contributed by atoms with E-state index in [4.69, 9.17) is 0 Å². The van der Waals surface area contributed by atoms with Gasteiger partial charge < -0.3 is 5.32 Å². The van der Waals surface area contributed by atoms with Crippen LogP contribution in [-0.4, -0.2) is 5.91 Å². The Labute approximate surface area is 149 Å². The molecule has 25 heavy (non-hydrogen) atoms. The fourth-order valence-electron chi connectivity index (χ4n) is 3.14. The lowest BCUT2D eigenvalue weighted by atomic mass is 9.75. The van der Waals surface area contributed by atoms with Crippen LogP contribution in [0, 0.1) is 0 Å². The minimum atomic E-state index is -0.744. The maximum Gasteiger partial charge on any atom is 0.235 e. The van der Waals surface area contributed by atoms with Crippen molar-refractivity contribution in [3.05, 3.63) is 108 Å². The zero-order valence-corrected chi connectivity index (χ0v) is 14.6. The van der Waals surface area contributed by atoms with Crippen LogP contribution in [-0.2, 0) is 10.2 Å². The molecule has 0 aliphatic rings. The first-order valence-corrected chi connectivity index (χ1v) is 8.59. The molecule has 0 saturated carbocycles. The summed E-state index contributed by atoms with van der Waals surface area (Å²) in [7, 11) is 0. The van der Waals surface area contributed by atoms with Crippen molar-refractivity contribution >= 4 is 5.91 Å². The number of rotatable bonds is 5. The highest BCUT2D eigenvalue weighted by Gasteiger charge is 2.37. The highest BCUT2D eigenvalue weighted by Crippen LogP contribution is 2.33. The van der Waals surface area contributed by atoms with E-state index in [-0.39, 0.29) is 11.9 Å². The molecule has 3 aromatic rings. The average molecular weight is 329 g/mol. The van der Waals surface area contributed by atoms with E-state index < -0.39 is 5.41 Å². The summed E-state index contributed by atoms with van der Waals surface area (Å²) >= 11 is 0. The largest absolute Gasteiger partial charge is 0.349 e. The second-order valence-electron chi connectivity index (χ2n) is 6.46. The van der Waals surface area contributed by atoms with Crippen molar-refractivity contribution < 1.29 is 4.79 Å². The summed E-state index contributed by atoms with van der Waals surface area (Å²) in [6, 6.07) is 29.9. The Hall–Kier alpha value is -2.87. The highest BCUT2D eigenvalue weighted by molar-refractivity contribution is 5.91. The highest BCUT2D eigenvalue weighted by atomic mass is 16.2. The van der Waals surface area contributed by atoms with Crippen molar-refractivity contribution in [2.75, 3.05) is 0 Å². The Bertz CT molecular complexity index is 773. The Morgan fingerprint density at radius 2 is 1.16 bits per heavy atom. The van der Waals surface area contributed by atoms with Gasteiger partial charge in [-0.05, 0) is 30.5 Å². The molecule has 0 fully saturated rings. The second kappa shape index (κ2) is 7.35. The maximum absolute atomic E-state index is 13.3. The van der Waals surface area contributed by atoms with E-state index in [2.05, 4.69) is 5.32 Å². The SMILES string of the molecule is C[C@H](NC(=O)C(C)(c1ccccc1)c1ccccc1)c1ccccc1. The number of hydrogen-bond donors (Lipinski definition) is 1. The average Bonchev–Trinajstić information content (AvgIpc) is 2.69. The van der Waals surface area contributed by atoms with Gasteiger partial charge in [-0.25, -0.2) is 0 Å². The molecule has 1 amide bonds. The number of amides is 1. The van der Waals surface area contributed by atoms with Crippen LogP contribution in [0.2, 0.25) is 0 Å². The maximum atomic E-state index is 13.3. The van der Waals surface area contributed by atoms with Crippen LogP contribution in [0.15, 0.2) is 91.0 Å². The first-order valence-electron chi connectivity index (χ1n) is 8.59. The molecule has 0 unspecified atom stereocenters. The van der Waals surface area contributed by atoms with E-state index in [1.54, 1.807) is 0 Å². The van der Waals surface area contributed by atoms with E-state index in [1.807, 2.05) is 105 Å². The van der Waals surface area contributed by atoms with Crippen molar-refractivity contribution in [2.24, 2.45) is 0 Å². The van der Waals surface area contributed by atoms with Gasteiger partial charge in [0.2, 0.25) is 5.91 Å². The van der Waals surface area contributed by atoms with Gasteiger partial charge in [0.05, 0.1) is 11.5 Å². The van der Waals surface area contributed by atoms with Crippen LogP contribution in [0.5, 0.6) is 0 Å². The zero-order valence-electron chi connectivity index (χ0n) is 14.6. The van der Waals surface area contributed by atoms with Crippen molar-refractivity contribution in [1.29, 1.82) is 0 Å². The monoisotopic (exact) mass is 329 g/mol. The number of carbonyl (C=O) groups excluding carboxylic acids is 1. The number of benzene rings is 3. The van der Waals surface area contributed by atoms with Gasteiger partial charge in [0.25, 0.3) is 0 Å². The lowest BCUT2D eigenvalue weighted by Crippen LogP contribution is -2.44. The molecule has 1 N–H and O–H groups in total. The summed E-state index contributed by atoms with van der Waals surface area (Å²) in [5.74, 6) is 0.00116. The number of hydrogen-bond acceptors (Lipinski definition) is 1. The van der Waals surface area contributed by atoms with Gasteiger partial charge in [-0.1, -0.05) is 91.0 Å². The van der Waals surface area contributed by atoms with Crippen molar-refractivity contribution in [3.63, 3.8) is 0 Å². The molecular weight excluding hydrogens is 306 g/mol. The molecule has 3 rings (SSSR count). The first kappa shape index (κ1) is 17.0. The number of nitrogens with one attached hydrogen (secondary N) is 1. The summed E-state index contributed by atoms with van der Waals surface area (Å²) in [5.41, 5.74) is 2.32. The smallest absolute Gasteiger partial charge is 0.235 e. The van der Waals surface area contributed by atoms with Crippen LogP contribution in [0.3, 0.4) is 0 Å². The molecule has 0 aromatic heterocycles. The predicted molar refractivity (Wildman–Crippen MR) is 102 cm³/mol. The molecule has 3 aromatic carbocycles. The van der Waals surface area contributed by atoms with E-state index >= 15 is 0 Å². The molecule has 2 heteroatoms. The van der Waals surface area contributed by atoms with E-state index in [0.717, 1.165) is 16.7 Å². The topological polar surface area (TPSA) is 29.1 Å². The van der Waals surface area contributed by atoms with Gasteiger partial charge in [0, 0.05) is 0 Å². The van der Waals surface area contributed by atoms with Crippen molar-refractivity contribution in [3.8, 4) is 0 Å². The Kier molecular flexibility index (Phi) is 4.99. The van der Waals surface area contributed by atoms with E-state index in [1.165, 1.54) is 0 Å². The molecule has 1 atom stereocenters. The summed E-state index contributed by atoms with van der Waals surface area (Å²) in [4.78, 5) is 13.3. The third-order valence-electron chi connectivity index (χ3n) is 4.80. The quantitative estimate of drug-likeness (QED) is 0.711. The van der Waals surface area contributed by atoms with Crippen molar-refractivity contribution in [2.45, 2.75) is 25.3 Å². The summed E-state index contributed by atoms with van der Waals surface area (Å²) in [6.45, 7) is 4.01. The second-order valence-corrected chi connectivity index (χ2v) is 6.46. The fraction of sp³-hybridized carbons (Fsp3) is 0.174. The molecule has 0 saturated heterocycles. The van der Waals surface area contributed by atoms with Gasteiger partial charge in [-0.3, -0.25) is 4.79 Å². The normalized spacial score (nSPS) is 12.4. The van der Waals surface area contributed by atoms with E-state index in [9.17, 15) is 4.79 Å². The van der Waals surface area contributed by atoms with Crippen LogP contribution < -0.4 is 5.32 Å². The summed E-state index contributed by atoms with van der Waals surface area (Å²) < 4.78 is 0. The summed E-state index contributed by atoms with van der Waals surface area (Å²) in [6.07, 6.45) is 0. The molecule has 0 aliphatic heterocycles. The molecule has 0 heterocycles. The molecular formula is C23H23NO. The van der Waals surface area contributed by atoms with Crippen LogP contribution >= 0.6 is 0 Å². The van der Waals surface area contributed by atoms with Gasteiger partial charge in [-0.2, -0.15) is 0 Å². The fourth-order valence-corrected chi connectivity index (χ4v) is 3.14. The van der Waals surface area contributed by atoms with Crippen LogP contribution in [0.1, 0.15) is 36.6 Å². The van der Waals surface area contributed by atoms with Crippen LogP contribution in [0.4, 0.5) is 0 Å². The molecule has 0 bridgehead atoms. The zero-order chi connectivity index (χ0) is 17.7. The Balaban J connectivity index is 1.96. The molecule has 0 aliphatic carbocycles. The van der Waals surface area contributed by atoms with Crippen molar-refractivity contribution in [1.82, 2.24) is 5.32 Å². The molecule has 126 valence electrons. The van der Waals surface area contributed by atoms with Gasteiger partial charge in [-0.15, -0.1) is 0 Å². The number of carbonyl (C=O) groups is 1. The van der Waals surface area contributed by atoms with E-state index in [0.29, 0.717) is 0 Å². The standard InChI is InChI=1S/C23H23NO/c1-18(19-12-6-3-7-13-19)24-22(25)23(2,20-14-8-4-9-15-20)21-16-10-5-11-17-21/h3-18H,1-2H3,(H,24,25)/t18-/m0/s1. The molecule has 0 radical (unpaired) electrons. The third kappa shape index (κ3) is 3.48. The third-order valence-corrected chi connectivity index (χ3v) is 4.80. The minimum Gasteiger partial charge on any atom is -0.349 e. The molecule has 0 spiro atoms. The van der Waals surface area contributed by atoms with Crippen LogP contribution in [0.25, 0.3) is 0 Å². The lowest BCUT2D eigenvalue weighted by molar-refractivity contribution is -0.125. The Morgan fingerprint density at radius 3 is 1.60 bits per heavy atom. The van der Waals surface area contributed by atoms with Gasteiger partial charge >= 0.3 is 0 Å². The van der Waals surface area contributed by atoms with Gasteiger partial charge in [0.1, 0.15) is 0 Å². The molecule has 2 nitrogen and oxygen atoms in total. The summed E-state index contributed by atoms with van der Waals surface area (Å²) in [5, 5.41) is 3.19. The lowest BCUT2D eigenvalue weighted by Gasteiger charge is -2.31. The van der Waals surface area contributed by atoms with Gasteiger partial charge in [0.15, 0.2) is 0 Å². The predicted octanol–water partition coefficient (Wildman–Crippen LogP) is 4.87. The first-order chi connectivity index (χ1) is 12.1. The Morgan fingerprint density at radius 1 is 0.760 bits per heavy atom.